The number of aryl methyl sites for hydroxylation is 1. The second-order valence-electron chi connectivity index (χ2n) is 7.21. The van der Waals surface area contributed by atoms with Crippen molar-refractivity contribution in [2.24, 2.45) is 0 Å². The number of ether oxygens (including phenoxy) is 1. The van der Waals surface area contributed by atoms with Crippen LogP contribution in [0.25, 0.3) is 6.08 Å². The number of carbonyl (C=O) groups excluding carboxylic acids is 2. The highest BCUT2D eigenvalue weighted by atomic mass is 32.1. The van der Waals surface area contributed by atoms with Crippen molar-refractivity contribution in [3.05, 3.63) is 82.1 Å². The number of aliphatic hydroxyl groups excluding tert-OH is 1. The number of allylic oxidation sites excluding steroid dienone is 1. The number of nitrogens with zero attached hydrogens (tertiary/aromatic N) is 3. The number of ketones is 1. The number of amides is 1. The third-order valence-corrected chi connectivity index (χ3v) is 5.86. The van der Waals surface area contributed by atoms with Gasteiger partial charge in [-0.05, 0) is 43.2 Å². The summed E-state index contributed by atoms with van der Waals surface area (Å²) in [4.78, 5) is 27.5. The number of rotatable bonds is 7. The molecule has 0 spiro atoms. The summed E-state index contributed by atoms with van der Waals surface area (Å²) in [6.45, 7) is 3.83. The van der Waals surface area contributed by atoms with Gasteiger partial charge in [-0.25, -0.2) is 0 Å². The van der Waals surface area contributed by atoms with Gasteiger partial charge in [0.25, 0.3) is 5.91 Å². The summed E-state index contributed by atoms with van der Waals surface area (Å²) >= 11 is 1.17. The van der Waals surface area contributed by atoms with E-state index >= 15 is 0 Å². The van der Waals surface area contributed by atoms with Crippen molar-refractivity contribution >= 4 is 34.2 Å². The lowest BCUT2D eigenvalue weighted by Gasteiger charge is -2.24. The maximum absolute atomic E-state index is 13.2. The number of hydrogen-bond acceptors (Lipinski definition) is 8. The SMILES string of the molecule is CCOc1cc(C2C(C(=O)/C=C/c3ccccc3)=C(O)C(=O)N2c2nnc(C)s2)ccc1O. The zero-order chi connectivity index (χ0) is 23.5. The Bertz CT molecular complexity index is 1270. The van der Waals surface area contributed by atoms with Crippen LogP contribution in [-0.4, -0.2) is 38.7 Å². The van der Waals surface area contributed by atoms with E-state index in [1.165, 1.54) is 28.4 Å². The predicted octanol–water partition coefficient (Wildman–Crippen LogP) is 4.13. The zero-order valence-corrected chi connectivity index (χ0v) is 18.7. The van der Waals surface area contributed by atoms with E-state index in [4.69, 9.17) is 4.74 Å². The molecule has 0 aliphatic carbocycles. The Kier molecular flexibility index (Phi) is 6.23. The van der Waals surface area contributed by atoms with Crippen LogP contribution >= 0.6 is 11.3 Å². The van der Waals surface area contributed by atoms with Crippen molar-refractivity contribution in [3.8, 4) is 11.5 Å². The molecule has 0 bridgehead atoms. The topological polar surface area (TPSA) is 113 Å². The highest BCUT2D eigenvalue weighted by Crippen LogP contribution is 2.43. The van der Waals surface area contributed by atoms with Gasteiger partial charge in [0.1, 0.15) is 5.01 Å². The molecule has 1 amide bonds. The zero-order valence-electron chi connectivity index (χ0n) is 17.9. The molecule has 1 unspecified atom stereocenters. The Morgan fingerprint density at radius 2 is 1.94 bits per heavy atom. The van der Waals surface area contributed by atoms with E-state index in [1.54, 1.807) is 32.1 Å². The summed E-state index contributed by atoms with van der Waals surface area (Å²) in [5.41, 5.74) is 1.18. The minimum atomic E-state index is -0.974. The van der Waals surface area contributed by atoms with Crippen molar-refractivity contribution in [3.63, 3.8) is 0 Å². The molecule has 1 aromatic heterocycles. The van der Waals surface area contributed by atoms with Crippen molar-refractivity contribution in [1.82, 2.24) is 10.2 Å². The smallest absolute Gasteiger partial charge is 0.296 e. The van der Waals surface area contributed by atoms with Gasteiger partial charge in [0.15, 0.2) is 23.0 Å². The van der Waals surface area contributed by atoms with Gasteiger partial charge in [0, 0.05) is 0 Å². The first-order valence-corrected chi connectivity index (χ1v) is 11.0. The Balaban J connectivity index is 1.81. The van der Waals surface area contributed by atoms with Gasteiger partial charge < -0.3 is 14.9 Å². The molecule has 2 heterocycles. The van der Waals surface area contributed by atoms with Gasteiger partial charge in [-0.2, -0.15) is 0 Å². The minimum Gasteiger partial charge on any atom is -0.504 e. The van der Waals surface area contributed by atoms with Crippen molar-refractivity contribution in [2.75, 3.05) is 11.5 Å². The summed E-state index contributed by atoms with van der Waals surface area (Å²) in [7, 11) is 0. The van der Waals surface area contributed by atoms with Gasteiger partial charge in [0.2, 0.25) is 5.13 Å². The molecule has 4 rings (SSSR count). The monoisotopic (exact) mass is 463 g/mol. The number of aliphatic hydroxyl groups is 1. The van der Waals surface area contributed by atoms with Crippen LogP contribution in [0.3, 0.4) is 0 Å². The molecule has 0 fully saturated rings. The van der Waals surface area contributed by atoms with E-state index in [1.807, 2.05) is 30.3 Å². The molecule has 2 N–H and O–H groups in total. The van der Waals surface area contributed by atoms with Crippen molar-refractivity contribution in [1.29, 1.82) is 0 Å². The van der Waals surface area contributed by atoms with Crippen LogP contribution in [0.1, 0.15) is 29.1 Å². The van der Waals surface area contributed by atoms with Crippen LogP contribution in [0.15, 0.2) is 65.9 Å². The maximum atomic E-state index is 13.2. The Hall–Kier alpha value is -3.98. The molecule has 168 valence electrons. The summed E-state index contributed by atoms with van der Waals surface area (Å²) in [6, 6.07) is 12.8. The van der Waals surface area contributed by atoms with Crippen LogP contribution in [-0.2, 0) is 9.59 Å². The average molecular weight is 464 g/mol. The van der Waals surface area contributed by atoms with E-state index in [-0.39, 0.29) is 22.2 Å². The molecule has 3 aromatic rings. The number of aromatic nitrogens is 2. The third-order valence-electron chi connectivity index (χ3n) is 5.02. The molecule has 1 atom stereocenters. The van der Waals surface area contributed by atoms with Crippen LogP contribution in [0.2, 0.25) is 0 Å². The fourth-order valence-corrected chi connectivity index (χ4v) is 4.27. The fraction of sp³-hybridized carbons (Fsp3) is 0.167. The largest absolute Gasteiger partial charge is 0.504 e. The lowest BCUT2D eigenvalue weighted by atomic mass is 9.95. The summed E-state index contributed by atoms with van der Waals surface area (Å²) in [5, 5.41) is 29.7. The molecule has 9 heteroatoms. The quantitative estimate of drug-likeness (QED) is 0.507. The van der Waals surface area contributed by atoms with Gasteiger partial charge in [-0.3, -0.25) is 14.5 Å². The first-order chi connectivity index (χ1) is 15.9. The molecule has 1 aliphatic heterocycles. The highest BCUT2D eigenvalue weighted by molar-refractivity contribution is 7.15. The van der Waals surface area contributed by atoms with E-state index in [0.717, 1.165) is 5.56 Å². The molecular formula is C24H21N3O5S. The number of phenols is 1. The van der Waals surface area contributed by atoms with Crippen LogP contribution in [0.4, 0.5) is 5.13 Å². The Morgan fingerprint density at radius 1 is 1.18 bits per heavy atom. The lowest BCUT2D eigenvalue weighted by molar-refractivity contribution is -0.117. The molecule has 0 radical (unpaired) electrons. The standard InChI is InChI=1S/C24H21N3O5S/c1-3-32-19-13-16(10-12-17(19)28)21-20(18(29)11-9-15-7-5-4-6-8-15)22(30)23(31)27(21)24-26-25-14(2)33-24/h4-13,21,28,30H,3H2,1-2H3/b11-9+. The van der Waals surface area contributed by atoms with E-state index in [9.17, 15) is 19.8 Å². The molecule has 33 heavy (non-hydrogen) atoms. The molecule has 1 aliphatic rings. The predicted molar refractivity (Wildman–Crippen MR) is 124 cm³/mol. The second-order valence-corrected chi connectivity index (χ2v) is 8.37. The number of aromatic hydroxyl groups is 1. The first-order valence-electron chi connectivity index (χ1n) is 10.2. The lowest BCUT2D eigenvalue weighted by Crippen LogP contribution is -2.30. The number of phenolic OH excluding ortho intramolecular Hbond substituents is 1. The normalized spacial score (nSPS) is 16.1. The first kappa shape index (κ1) is 22.2. The van der Waals surface area contributed by atoms with Crippen LogP contribution in [0.5, 0.6) is 11.5 Å². The van der Waals surface area contributed by atoms with Crippen molar-refractivity contribution < 1.29 is 24.5 Å². The summed E-state index contributed by atoms with van der Waals surface area (Å²) in [5.74, 6) is -1.80. The number of benzene rings is 2. The molecule has 0 saturated heterocycles. The summed E-state index contributed by atoms with van der Waals surface area (Å²) < 4.78 is 5.48. The molecule has 2 aromatic carbocycles. The maximum Gasteiger partial charge on any atom is 0.296 e. The van der Waals surface area contributed by atoms with Gasteiger partial charge in [0.05, 0.1) is 18.2 Å². The van der Waals surface area contributed by atoms with Crippen LogP contribution in [0, 0.1) is 6.92 Å². The van der Waals surface area contributed by atoms with E-state index in [0.29, 0.717) is 17.2 Å². The number of anilines is 1. The van der Waals surface area contributed by atoms with E-state index in [2.05, 4.69) is 10.2 Å². The van der Waals surface area contributed by atoms with E-state index < -0.39 is 23.5 Å². The second kappa shape index (κ2) is 9.25. The third kappa shape index (κ3) is 4.35. The van der Waals surface area contributed by atoms with Gasteiger partial charge >= 0.3 is 0 Å². The average Bonchev–Trinajstić information content (AvgIpc) is 3.35. The summed E-state index contributed by atoms with van der Waals surface area (Å²) in [6.07, 6.45) is 2.93. The number of hydrogen-bond donors (Lipinski definition) is 2. The Labute approximate surface area is 194 Å². The number of carbonyl (C=O) groups is 2. The Morgan fingerprint density at radius 3 is 2.61 bits per heavy atom. The molecule has 8 nitrogen and oxygen atoms in total. The van der Waals surface area contributed by atoms with Gasteiger partial charge in [-0.15, -0.1) is 10.2 Å². The highest BCUT2D eigenvalue weighted by Gasteiger charge is 2.45. The van der Waals surface area contributed by atoms with Gasteiger partial charge in [-0.1, -0.05) is 53.8 Å². The van der Waals surface area contributed by atoms with Crippen molar-refractivity contribution in [2.45, 2.75) is 19.9 Å². The minimum absolute atomic E-state index is 0.0757. The molecular weight excluding hydrogens is 442 g/mol. The van der Waals surface area contributed by atoms with Crippen LogP contribution < -0.4 is 9.64 Å². The molecule has 0 saturated carbocycles. The fourth-order valence-electron chi connectivity index (χ4n) is 3.55.